The zero-order chi connectivity index (χ0) is 22.1. The van der Waals surface area contributed by atoms with Gasteiger partial charge in [0, 0.05) is 0 Å². The summed E-state index contributed by atoms with van der Waals surface area (Å²) in [6.07, 6.45) is 14.0. The number of allylic oxidation sites excluding steroid dienone is 3. The van der Waals surface area contributed by atoms with Crippen molar-refractivity contribution in [2.75, 3.05) is 0 Å². The third kappa shape index (κ3) is 5.29. The van der Waals surface area contributed by atoms with E-state index in [0.29, 0.717) is 35.7 Å². The van der Waals surface area contributed by atoms with Crippen molar-refractivity contribution >= 4 is 0 Å². The molecule has 3 N–H and O–H groups in total. The summed E-state index contributed by atoms with van der Waals surface area (Å²) in [6.45, 7) is 12.6. The lowest BCUT2D eigenvalue weighted by Crippen LogP contribution is -2.36. The second-order valence-electron chi connectivity index (χ2n) is 11.4. The fourth-order valence-corrected chi connectivity index (χ4v) is 6.70. The predicted molar refractivity (Wildman–Crippen MR) is 124 cm³/mol. The number of aliphatic hydroxyl groups is 3. The van der Waals surface area contributed by atoms with E-state index in [0.717, 1.165) is 24.3 Å². The SMILES string of the molecule is C=C1[C@H](O)CC(=CC=C2CCC[C@@]3(C)C2CCC3C(C)CCCC(C)(C)O)C[C@H]1O. The summed E-state index contributed by atoms with van der Waals surface area (Å²) in [5.41, 5.74) is 3.11. The van der Waals surface area contributed by atoms with Gasteiger partial charge in [-0.2, -0.15) is 0 Å². The fraction of sp³-hybridized carbons (Fsp3) is 0.778. The minimum absolute atomic E-state index is 0.386. The monoisotopic (exact) mass is 416 g/mol. The van der Waals surface area contributed by atoms with Crippen LogP contribution in [0.15, 0.2) is 35.5 Å². The quantitative estimate of drug-likeness (QED) is 0.486. The second kappa shape index (κ2) is 9.30. The minimum atomic E-state index is -0.615. The molecule has 0 aliphatic heterocycles. The van der Waals surface area contributed by atoms with Gasteiger partial charge in [-0.3, -0.25) is 0 Å². The molecule has 0 bridgehead atoms. The molecule has 3 aliphatic rings. The van der Waals surface area contributed by atoms with E-state index in [9.17, 15) is 15.3 Å². The molecule has 170 valence electrons. The molecule has 0 amide bonds. The van der Waals surface area contributed by atoms with Crippen molar-refractivity contribution in [1.29, 1.82) is 0 Å². The molecule has 3 aliphatic carbocycles. The Balaban J connectivity index is 1.67. The Kier molecular flexibility index (Phi) is 7.37. The van der Waals surface area contributed by atoms with E-state index >= 15 is 0 Å². The molecule has 0 spiro atoms. The summed E-state index contributed by atoms with van der Waals surface area (Å²) in [7, 11) is 0. The van der Waals surface area contributed by atoms with Crippen LogP contribution in [0.2, 0.25) is 0 Å². The number of hydrogen-bond donors (Lipinski definition) is 3. The number of fused-ring (bicyclic) bond motifs is 1. The van der Waals surface area contributed by atoms with E-state index in [1.54, 1.807) is 5.57 Å². The van der Waals surface area contributed by atoms with Crippen LogP contribution < -0.4 is 0 Å². The number of hydrogen-bond acceptors (Lipinski definition) is 3. The highest BCUT2D eigenvalue weighted by molar-refractivity contribution is 5.29. The van der Waals surface area contributed by atoms with Crippen LogP contribution in [0.25, 0.3) is 0 Å². The van der Waals surface area contributed by atoms with E-state index in [2.05, 4.69) is 32.6 Å². The molecule has 0 saturated heterocycles. The molecule has 3 nitrogen and oxygen atoms in total. The van der Waals surface area contributed by atoms with Crippen LogP contribution in [0.1, 0.15) is 91.9 Å². The Labute approximate surface area is 184 Å². The molecule has 3 saturated carbocycles. The van der Waals surface area contributed by atoms with E-state index < -0.39 is 17.8 Å². The first-order valence-corrected chi connectivity index (χ1v) is 12.2. The van der Waals surface area contributed by atoms with Crippen molar-refractivity contribution in [2.24, 2.45) is 23.2 Å². The minimum Gasteiger partial charge on any atom is -0.390 e. The zero-order valence-electron chi connectivity index (χ0n) is 19.7. The van der Waals surface area contributed by atoms with Gasteiger partial charge in [0.25, 0.3) is 0 Å². The van der Waals surface area contributed by atoms with Crippen molar-refractivity contribution in [2.45, 2.75) is 110 Å². The molecule has 3 rings (SSSR count). The Morgan fingerprint density at radius 3 is 2.47 bits per heavy atom. The van der Waals surface area contributed by atoms with Gasteiger partial charge in [-0.25, -0.2) is 0 Å². The predicted octanol–water partition coefficient (Wildman–Crippen LogP) is 5.70. The molecule has 3 heteroatoms. The van der Waals surface area contributed by atoms with Crippen LogP contribution in [0.4, 0.5) is 0 Å². The maximum Gasteiger partial charge on any atom is 0.0809 e. The van der Waals surface area contributed by atoms with Gasteiger partial charge in [-0.1, -0.05) is 56.6 Å². The van der Waals surface area contributed by atoms with E-state index in [1.165, 1.54) is 38.5 Å². The highest BCUT2D eigenvalue weighted by Gasteiger charge is 2.50. The highest BCUT2D eigenvalue weighted by atomic mass is 16.3. The molecule has 0 aromatic rings. The van der Waals surface area contributed by atoms with E-state index in [-0.39, 0.29) is 0 Å². The molecule has 6 atom stereocenters. The average molecular weight is 417 g/mol. The number of rotatable bonds is 6. The summed E-state index contributed by atoms with van der Waals surface area (Å²) in [5, 5.41) is 30.3. The first kappa shape index (κ1) is 23.8. The van der Waals surface area contributed by atoms with Crippen LogP contribution in [0.5, 0.6) is 0 Å². The lowest BCUT2D eigenvalue weighted by atomic mass is 9.60. The Morgan fingerprint density at radius 2 is 1.83 bits per heavy atom. The smallest absolute Gasteiger partial charge is 0.0809 e. The van der Waals surface area contributed by atoms with Gasteiger partial charge in [-0.05, 0) is 94.0 Å². The van der Waals surface area contributed by atoms with Crippen LogP contribution in [0.3, 0.4) is 0 Å². The van der Waals surface area contributed by atoms with Gasteiger partial charge in [0.15, 0.2) is 0 Å². The third-order valence-corrected chi connectivity index (χ3v) is 8.47. The Hall–Kier alpha value is -0.900. The van der Waals surface area contributed by atoms with Gasteiger partial charge in [0.05, 0.1) is 17.8 Å². The van der Waals surface area contributed by atoms with E-state index in [4.69, 9.17) is 0 Å². The molecule has 0 aromatic heterocycles. The molecular formula is C27H44O3. The standard InChI is InChI=1S/C27H44O3/c1-18(8-6-14-26(3,4)30)22-12-13-23-21(9-7-15-27(22,23)5)11-10-20-16-24(28)19(2)25(29)17-20/h10-11,18,22-25,28-30H,2,6-9,12-17H2,1,3-5H3/t18?,22?,23?,24-,25-,27-/m1/s1. The lowest BCUT2D eigenvalue weighted by molar-refractivity contribution is 0.0596. The first-order chi connectivity index (χ1) is 14.0. The summed E-state index contributed by atoms with van der Waals surface area (Å²) in [6, 6.07) is 0. The van der Waals surface area contributed by atoms with Crippen LogP contribution in [-0.4, -0.2) is 33.1 Å². The average Bonchev–Trinajstić information content (AvgIpc) is 3.00. The first-order valence-electron chi connectivity index (χ1n) is 12.2. The topological polar surface area (TPSA) is 60.7 Å². The van der Waals surface area contributed by atoms with E-state index in [1.807, 2.05) is 13.8 Å². The number of aliphatic hydroxyl groups excluding tert-OH is 2. The summed E-state index contributed by atoms with van der Waals surface area (Å²) in [4.78, 5) is 0. The van der Waals surface area contributed by atoms with Crippen LogP contribution in [0, 0.1) is 23.2 Å². The molecule has 0 aromatic carbocycles. The lowest BCUT2D eigenvalue weighted by Gasteiger charge is -2.44. The maximum atomic E-state index is 10.1. The fourth-order valence-electron chi connectivity index (χ4n) is 6.70. The summed E-state index contributed by atoms with van der Waals surface area (Å²) >= 11 is 0. The zero-order valence-corrected chi connectivity index (χ0v) is 19.7. The van der Waals surface area contributed by atoms with Crippen molar-refractivity contribution in [3.8, 4) is 0 Å². The Morgan fingerprint density at radius 1 is 1.17 bits per heavy atom. The summed E-state index contributed by atoms with van der Waals surface area (Å²) < 4.78 is 0. The van der Waals surface area contributed by atoms with Gasteiger partial charge >= 0.3 is 0 Å². The largest absolute Gasteiger partial charge is 0.390 e. The molecule has 0 heterocycles. The van der Waals surface area contributed by atoms with Crippen molar-refractivity contribution in [3.63, 3.8) is 0 Å². The van der Waals surface area contributed by atoms with Gasteiger partial charge in [0.2, 0.25) is 0 Å². The van der Waals surface area contributed by atoms with Gasteiger partial charge < -0.3 is 15.3 Å². The van der Waals surface area contributed by atoms with Gasteiger partial charge in [0.1, 0.15) is 0 Å². The second-order valence-corrected chi connectivity index (χ2v) is 11.4. The van der Waals surface area contributed by atoms with Crippen molar-refractivity contribution in [1.82, 2.24) is 0 Å². The Bertz CT molecular complexity index is 667. The third-order valence-electron chi connectivity index (χ3n) is 8.47. The molecule has 3 fully saturated rings. The van der Waals surface area contributed by atoms with Crippen molar-refractivity contribution < 1.29 is 15.3 Å². The van der Waals surface area contributed by atoms with Gasteiger partial charge in [-0.15, -0.1) is 0 Å². The summed E-state index contributed by atoms with van der Waals surface area (Å²) in [5.74, 6) is 2.13. The van der Waals surface area contributed by atoms with Crippen LogP contribution >= 0.6 is 0 Å². The van der Waals surface area contributed by atoms with Crippen molar-refractivity contribution in [3.05, 3.63) is 35.5 Å². The maximum absolute atomic E-state index is 10.1. The molecule has 0 radical (unpaired) electrons. The normalized spacial score (nSPS) is 37.4. The molecule has 30 heavy (non-hydrogen) atoms. The molecule has 3 unspecified atom stereocenters. The van der Waals surface area contributed by atoms with Crippen LogP contribution in [-0.2, 0) is 0 Å². The molecular weight excluding hydrogens is 372 g/mol. The highest BCUT2D eigenvalue weighted by Crippen LogP contribution is 2.60.